The Balaban J connectivity index is 2.53. The van der Waals surface area contributed by atoms with E-state index in [-0.39, 0.29) is 0 Å². The van der Waals surface area contributed by atoms with Crippen molar-refractivity contribution in [3.8, 4) is 11.6 Å². The van der Waals surface area contributed by atoms with Crippen LogP contribution < -0.4 is 0 Å². The summed E-state index contributed by atoms with van der Waals surface area (Å²) < 4.78 is 6.94. The molecule has 0 saturated heterocycles. The second-order valence-electron chi connectivity index (χ2n) is 2.23. The molecule has 56 valence electrons. The zero-order valence-electron chi connectivity index (χ0n) is 6.06. The van der Waals surface area contributed by atoms with Crippen molar-refractivity contribution >= 4 is 0 Å². The molecule has 4 heteroatoms. The molecule has 2 aromatic heterocycles. The molecule has 0 atom stereocenters. The number of hydrogen-bond donors (Lipinski definition) is 0. The quantitative estimate of drug-likeness (QED) is 0.609. The molecular weight excluding hydrogens is 142 g/mol. The number of imidazole rings is 1. The van der Waals surface area contributed by atoms with E-state index in [4.69, 9.17) is 4.42 Å². The maximum absolute atomic E-state index is 5.06. The first-order valence-electron chi connectivity index (χ1n) is 3.24. The second kappa shape index (κ2) is 2.23. The highest BCUT2D eigenvalue weighted by Gasteiger charge is 2.04. The van der Waals surface area contributed by atoms with Crippen molar-refractivity contribution in [3.05, 3.63) is 25.0 Å². The molecule has 0 saturated carbocycles. The molecule has 0 N–H and O–H groups in total. The standard InChI is InChI=1S/C7H7N3O/c1-10-3-2-9-7(10)6-4-8-5-11-6/h2-5H,1H3. The summed E-state index contributed by atoms with van der Waals surface area (Å²) in [5.74, 6) is 1.49. The Morgan fingerprint density at radius 3 is 3.00 bits per heavy atom. The predicted molar refractivity (Wildman–Crippen MR) is 38.7 cm³/mol. The van der Waals surface area contributed by atoms with E-state index < -0.39 is 0 Å². The van der Waals surface area contributed by atoms with Crippen LogP contribution in [0.4, 0.5) is 0 Å². The predicted octanol–water partition coefficient (Wildman–Crippen LogP) is 1.08. The van der Waals surface area contributed by atoms with Crippen molar-refractivity contribution < 1.29 is 4.42 Å². The molecule has 0 aliphatic rings. The first-order valence-corrected chi connectivity index (χ1v) is 3.24. The van der Waals surface area contributed by atoms with Crippen molar-refractivity contribution in [2.24, 2.45) is 7.05 Å². The van der Waals surface area contributed by atoms with Gasteiger partial charge in [0, 0.05) is 19.4 Å². The largest absolute Gasteiger partial charge is 0.440 e. The van der Waals surface area contributed by atoms with Crippen LogP contribution in [-0.4, -0.2) is 14.5 Å². The van der Waals surface area contributed by atoms with Crippen molar-refractivity contribution in [2.75, 3.05) is 0 Å². The van der Waals surface area contributed by atoms with Gasteiger partial charge in [-0.3, -0.25) is 0 Å². The van der Waals surface area contributed by atoms with Crippen LogP contribution in [0.2, 0.25) is 0 Å². The minimum absolute atomic E-state index is 0.692. The van der Waals surface area contributed by atoms with Crippen LogP contribution in [0.3, 0.4) is 0 Å². The van der Waals surface area contributed by atoms with Gasteiger partial charge < -0.3 is 8.98 Å². The fraction of sp³-hybridized carbons (Fsp3) is 0.143. The average molecular weight is 149 g/mol. The van der Waals surface area contributed by atoms with E-state index in [2.05, 4.69) is 9.97 Å². The van der Waals surface area contributed by atoms with Gasteiger partial charge in [0.25, 0.3) is 0 Å². The Kier molecular flexibility index (Phi) is 1.25. The van der Waals surface area contributed by atoms with Gasteiger partial charge in [-0.2, -0.15) is 0 Å². The number of rotatable bonds is 1. The van der Waals surface area contributed by atoms with Crippen molar-refractivity contribution in [3.63, 3.8) is 0 Å². The molecule has 0 aliphatic heterocycles. The molecule has 0 fully saturated rings. The lowest BCUT2D eigenvalue weighted by Gasteiger charge is -1.93. The highest BCUT2D eigenvalue weighted by atomic mass is 16.3. The molecule has 2 aromatic rings. The van der Waals surface area contributed by atoms with Crippen LogP contribution >= 0.6 is 0 Å². The number of hydrogen-bond acceptors (Lipinski definition) is 3. The van der Waals surface area contributed by atoms with Gasteiger partial charge in [0.1, 0.15) is 0 Å². The summed E-state index contributed by atoms with van der Waals surface area (Å²) in [6.45, 7) is 0. The fourth-order valence-electron chi connectivity index (χ4n) is 0.929. The third-order valence-corrected chi connectivity index (χ3v) is 1.47. The Labute approximate surface area is 63.5 Å². The van der Waals surface area contributed by atoms with E-state index in [0.29, 0.717) is 5.76 Å². The van der Waals surface area contributed by atoms with Crippen LogP contribution in [0.15, 0.2) is 29.4 Å². The third-order valence-electron chi connectivity index (χ3n) is 1.47. The van der Waals surface area contributed by atoms with Crippen LogP contribution in [0, 0.1) is 0 Å². The summed E-state index contributed by atoms with van der Waals surface area (Å²) in [4.78, 5) is 7.89. The fourth-order valence-corrected chi connectivity index (χ4v) is 0.929. The minimum Gasteiger partial charge on any atom is -0.440 e. The number of aromatic nitrogens is 3. The lowest BCUT2D eigenvalue weighted by Crippen LogP contribution is -1.88. The minimum atomic E-state index is 0.692. The van der Waals surface area contributed by atoms with Crippen molar-refractivity contribution in [1.82, 2.24) is 14.5 Å². The molecule has 0 bridgehead atoms. The molecule has 0 aromatic carbocycles. The van der Waals surface area contributed by atoms with E-state index in [1.807, 2.05) is 17.8 Å². The van der Waals surface area contributed by atoms with E-state index >= 15 is 0 Å². The smallest absolute Gasteiger partial charge is 0.189 e. The third kappa shape index (κ3) is 0.920. The summed E-state index contributed by atoms with van der Waals surface area (Å²) in [5, 5.41) is 0. The molecular formula is C7H7N3O. The van der Waals surface area contributed by atoms with Gasteiger partial charge >= 0.3 is 0 Å². The van der Waals surface area contributed by atoms with E-state index in [9.17, 15) is 0 Å². The van der Waals surface area contributed by atoms with Gasteiger partial charge in [-0.05, 0) is 0 Å². The number of aryl methyl sites for hydroxylation is 1. The number of nitrogens with zero attached hydrogens (tertiary/aromatic N) is 3. The summed E-state index contributed by atoms with van der Waals surface area (Å²) in [7, 11) is 1.91. The van der Waals surface area contributed by atoms with Gasteiger partial charge in [-0.1, -0.05) is 0 Å². The molecule has 2 heterocycles. The second-order valence-corrected chi connectivity index (χ2v) is 2.23. The van der Waals surface area contributed by atoms with E-state index in [1.165, 1.54) is 6.39 Å². The maximum atomic E-state index is 5.06. The lowest BCUT2D eigenvalue weighted by molar-refractivity contribution is 0.564. The molecule has 0 unspecified atom stereocenters. The summed E-state index contributed by atoms with van der Waals surface area (Å²) in [6, 6.07) is 0. The van der Waals surface area contributed by atoms with Crippen molar-refractivity contribution in [1.29, 1.82) is 0 Å². The summed E-state index contributed by atoms with van der Waals surface area (Å²) in [5.41, 5.74) is 0. The maximum Gasteiger partial charge on any atom is 0.189 e. The van der Waals surface area contributed by atoms with Crippen molar-refractivity contribution in [2.45, 2.75) is 0 Å². The van der Waals surface area contributed by atoms with Gasteiger partial charge in [0.2, 0.25) is 0 Å². The molecule has 0 amide bonds. The van der Waals surface area contributed by atoms with Crippen LogP contribution in [0.1, 0.15) is 0 Å². The Bertz CT molecular complexity index is 336. The normalized spacial score (nSPS) is 10.3. The van der Waals surface area contributed by atoms with Crippen LogP contribution in [0.5, 0.6) is 0 Å². The number of oxazole rings is 1. The molecule has 0 spiro atoms. The Hall–Kier alpha value is -1.58. The molecule has 11 heavy (non-hydrogen) atoms. The first kappa shape index (κ1) is 6.15. The Morgan fingerprint density at radius 2 is 2.45 bits per heavy atom. The zero-order chi connectivity index (χ0) is 7.68. The summed E-state index contributed by atoms with van der Waals surface area (Å²) >= 11 is 0. The van der Waals surface area contributed by atoms with Crippen LogP contribution in [0.25, 0.3) is 11.6 Å². The molecule has 2 rings (SSSR count). The summed E-state index contributed by atoms with van der Waals surface area (Å²) in [6.07, 6.45) is 6.61. The van der Waals surface area contributed by atoms with Gasteiger partial charge in [0.05, 0.1) is 6.20 Å². The lowest BCUT2D eigenvalue weighted by atomic mass is 10.5. The molecule has 0 radical (unpaired) electrons. The zero-order valence-corrected chi connectivity index (χ0v) is 6.06. The average Bonchev–Trinajstić information content (AvgIpc) is 2.55. The van der Waals surface area contributed by atoms with Gasteiger partial charge in [-0.15, -0.1) is 0 Å². The Morgan fingerprint density at radius 1 is 1.55 bits per heavy atom. The van der Waals surface area contributed by atoms with E-state index in [1.54, 1.807) is 12.4 Å². The highest BCUT2D eigenvalue weighted by Crippen LogP contribution is 2.13. The van der Waals surface area contributed by atoms with Gasteiger partial charge in [-0.25, -0.2) is 9.97 Å². The highest BCUT2D eigenvalue weighted by molar-refractivity contribution is 5.44. The van der Waals surface area contributed by atoms with Gasteiger partial charge in [0.15, 0.2) is 18.0 Å². The monoisotopic (exact) mass is 149 g/mol. The SMILES string of the molecule is Cn1ccnc1-c1cnco1. The molecule has 0 aliphatic carbocycles. The van der Waals surface area contributed by atoms with Crippen LogP contribution in [-0.2, 0) is 7.05 Å². The topological polar surface area (TPSA) is 43.9 Å². The molecule has 4 nitrogen and oxygen atoms in total. The van der Waals surface area contributed by atoms with E-state index in [0.717, 1.165) is 5.82 Å². The first-order chi connectivity index (χ1) is 5.38.